The SMILES string of the molecule is CCCN1C(=S)N[C@@H](c2ccccn2)[C@@H]1c1cccn1-c1ccccc1OC. The Morgan fingerprint density at radius 1 is 1.11 bits per heavy atom. The van der Waals surface area contributed by atoms with Gasteiger partial charge in [0.25, 0.3) is 0 Å². The number of rotatable bonds is 6. The maximum absolute atomic E-state index is 5.70. The van der Waals surface area contributed by atoms with Gasteiger partial charge in [-0.15, -0.1) is 0 Å². The van der Waals surface area contributed by atoms with Crippen LogP contribution in [0.1, 0.15) is 36.8 Å². The van der Waals surface area contributed by atoms with E-state index in [-0.39, 0.29) is 12.1 Å². The molecule has 1 N–H and O–H groups in total. The van der Waals surface area contributed by atoms with Crippen LogP contribution in [-0.2, 0) is 0 Å². The molecule has 3 aromatic rings. The highest BCUT2D eigenvalue weighted by atomic mass is 32.1. The first-order valence-corrected chi connectivity index (χ1v) is 9.94. The summed E-state index contributed by atoms with van der Waals surface area (Å²) in [5, 5.41) is 4.27. The Balaban J connectivity index is 1.83. The number of aromatic nitrogens is 2. The molecule has 1 aliphatic rings. The lowest BCUT2D eigenvalue weighted by atomic mass is 10.0. The topological polar surface area (TPSA) is 42.3 Å². The molecule has 6 heteroatoms. The smallest absolute Gasteiger partial charge is 0.170 e. The third kappa shape index (κ3) is 3.24. The van der Waals surface area contributed by atoms with Gasteiger partial charge in [-0.3, -0.25) is 4.98 Å². The summed E-state index contributed by atoms with van der Waals surface area (Å²) in [5.74, 6) is 0.838. The van der Waals surface area contributed by atoms with Crippen molar-refractivity contribution >= 4 is 17.3 Å². The highest BCUT2D eigenvalue weighted by molar-refractivity contribution is 7.80. The van der Waals surface area contributed by atoms with Crippen LogP contribution in [0.15, 0.2) is 67.0 Å². The van der Waals surface area contributed by atoms with E-state index in [2.05, 4.69) is 57.2 Å². The van der Waals surface area contributed by atoms with Crippen LogP contribution in [-0.4, -0.2) is 33.2 Å². The first-order chi connectivity index (χ1) is 13.7. The van der Waals surface area contributed by atoms with E-state index in [9.17, 15) is 0 Å². The maximum Gasteiger partial charge on any atom is 0.170 e. The Morgan fingerprint density at radius 2 is 1.93 bits per heavy atom. The number of para-hydroxylation sites is 2. The van der Waals surface area contributed by atoms with Crippen molar-refractivity contribution in [3.8, 4) is 11.4 Å². The molecule has 3 heterocycles. The molecule has 0 spiro atoms. The fourth-order valence-corrected chi connectivity index (χ4v) is 4.22. The summed E-state index contributed by atoms with van der Waals surface area (Å²) < 4.78 is 7.80. The van der Waals surface area contributed by atoms with Crippen molar-refractivity contribution in [1.82, 2.24) is 19.8 Å². The van der Waals surface area contributed by atoms with Crippen LogP contribution in [0, 0.1) is 0 Å². The molecule has 1 fully saturated rings. The lowest BCUT2D eigenvalue weighted by Crippen LogP contribution is -2.31. The molecular weight excluding hydrogens is 368 g/mol. The van der Waals surface area contributed by atoms with E-state index in [1.165, 1.54) is 0 Å². The molecule has 0 radical (unpaired) electrons. The second-order valence-electron chi connectivity index (χ2n) is 6.79. The predicted molar refractivity (Wildman–Crippen MR) is 115 cm³/mol. The quantitative estimate of drug-likeness (QED) is 0.635. The van der Waals surface area contributed by atoms with Crippen LogP contribution in [0.2, 0.25) is 0 Å². The number of nitrogens with one attached hydrogen (secondary N) is 1. The van der Waals surface area contributed by atoms with Gasteiger partial charge in [-0.25, -0.2) is 0 Å². The van der Waals surface area contributed by atoms with Gasteiger partial charge in [0.15, 0.2) is 5.11 Å². The van der Waals surface area contributed by atoms with Crippen molar-refractivity contribution in [2.75, 3.05) is 13.7 Å². The summed E-state index contributed by atoms with van der Waals surface area (Å²) in [5.41, 5.74) is 3.15. The number of benzene rings is 1. The minimum Gasteiger partial charge on any atom is -0.495 e. The average molecular weight is 393 g/mol. The summed E-state index contributed by atoms with van der Waals surface area (Å²) in [6.45, 7) is 3.06. The summed E-state index contributed by atoms with van der Waals surface area (Å²) in [6.07, 6.45) is 4.93. The zero-order chi connectivity index (χ0) is 19.5. The Bertz CT molecular complexity index is 956. The minimum atomic E-state index is -0.0105. The number of methoxy groups -OCH3 is 1. The lowest BCUT2D eigenvalue weighted by molar-refractivity contribution is 0.308. The van der Waals surface area contributed by atoms with E-state index < -0.39 is 0 Å². The minimum absolute atomic E-state index is 0.0105. The molecule has 1 aliphatic heterocycles. The van der Waals surface area contributed by atoms with Crippen LogP contribution < -0.4 is 10.1 Å². The lowest BCUT2D eigenvalue weighted by Gasteiger charge is -2.29. The number of ether oxygens (including phenoxy) is 1. The number of hydrogen-bond acceptors (Lipinski definition) is 3. The van der Waals surface area contributed by atoms with Gasteiger partial charge >= 0.3 is 0 Å². The van der Waals surface area contributed by atoms with Crippen molar-refractivity contribution in [1.29, 1.82) is 0 Å². The normalized spacial score (nSPS) is 18.9. The molecule has 2 atom stereocenters. The molecule has 144 valence electrons. The predicted octanol–water partition coefficient (Wildman–Crippen LogP) is 4.26. The summed E-state index contributed by atoms with van der Waals surface area (Å²) in [4.78, 5) is 6.88. The molecule has 0 aliphatic carbocycles. The molecule has 4 rings (SSSR count). The molecule has 28 heavy (non-hydrogen) atoms. The molecule has 0 bridgehead atoms. The van der Waals surface area contributed by atoms with E-state index in [4.69, 9.17) is 17.0 Å². The van der Waals surface area contributed by atoms with Gasteiger partial charge in [0.05, 0.1) is 30.6 Å². The summed E-state index contributed by atoms with van der Waals surface area (Å²) in [6, 6.07) is 18.3. The zero-order valence-corrected chi connectivity index (χ0v) is 16.9. The standard InChI is InChI=1S/C22H24N4OS/c1-3-14-26-21(20(24-22(26)28)16-9-6-7-13-23-16)18-11-8-15-25(18)17-10-4-5-12-19(17)27-2/h4-13,15,20-21H,3,14H2,1-2H3,(H,24,28)/t20-,21-/m0/s1. The fourth-order valence-electron chi connectivity index (χ4n) is 3.89. The largest absolute Gasteiger partial charge is 0.495 e. The fraction of sp³-hybridized carbons (Fsp3) is 0.273. The van der Waals surface area contributed by atoms with Gasteiger partial charge in [0.1, 0.15) is 5.75 Å². The molecule has 0 amide bonds. The van der Waals surface area contributed by atoms with E-state index in [1.807, 2.05) is 36.5 Å². The van der Waals surface area contributed by atoms with E-state index in [0.29, 0.717) is 0 Å². The molecule has 0 saturated carbocycles. The van der Waals surface area contributed by atoms with Gasteiger partial charge in [0, 0.05) is 24.6 Å². The monoisotopic (exact) mass is 392 g/mol. The van der Waals surface area contributed by atoms with Gasteiger partial charge in [-0.05, 0) is 55.0 Å². The van der Waals surface area contributed by atoms with Gasteiger partial charge in [-0.2, -0.15) is 0 Å². The Morgan fingerprint density at radius 3 is 2.68 bits per heavy atom. The van der Waals surface area contributed by atoms with Crippen LogP contribution >= 0.6 is 12.2 Å². The molecule has 1 aromatic carbocycles. The Labute approximate surface area is 171 Å². The van der Waals surface area contributed by atoms with Crippen molar-refractivity contribution < 1.29 is 4.74 Å². The molecule has 2 aromatic heterocycles. The van der Waals surface area contributed by atoms with Crippen molar-refractivity contribution in [3.63, 3.8) is 0 Å². The second kappa shape index (κ2) is 8.02. The first kappa shape index (κ1) is 18.5. The van der Waals surface area contributed by atoms with Crippen molar-refractivity contribution in [2.45, 2.75) is 25.4 Å². The summed E-state index contributed by atoms with van der Waals surface area (Å²) in [7, 11) is 1.70. The van der Waals surface area contributed by atoms with Crippen molar-refractivity contribution in [2.24, 2.45) is 0 Å². The van der Waals surface area contributed by atoms with Crippen LogP contribution in [0.25, 0.3) is 5.69 Å². The van der Waals surface area contributed by atoms with Gasteiger partial charge < -0.3 is 19.5 Å². The highest BCUT2D eigenvalue weighted by Crippen LogP contribution is 2.40. The van der Waals surface area contributed by atoms with E-state index in [1.54, 1.807) is 7.11 Å². The average Bonchev–Trinajstić information content (AvgIpc) is 3.33. The highest BCUT2D eigenvalue weighted by Gasteiger charge is 2.40. The summed E-state index contributed by atoms with van der Waals surface area (Å²) >= 11 is 5.70. The van der Waals surface area contributed by atoms with Gasteiger partial charge in [0.2, 0.25) is 0 Å². The molecular formula is C22H24N4OS. The molecule has 1 saturated heterocycles. The molecule has 5 nitrogen and oxygen atoms in total. The van der Waals surface area contributed by atoms with Gasteiger partial charge in [-0.1, -0.05) is 25.1 Å². The number of nitrogens with zero attached hydrogens (tertiary/aromatic N) is 3. The maximum atomic E-state index is 5.70. The number of thiocarbonyl (C=S) groups is 1. The first-order valence-electron chi connectivity index (χ1n) is 9.53. The number of hydrogen-bond donors (Lipinski definition) is 1. The third-order valence-corrected chi connectivity index (χ3v) is 5.44. The molecule has 0 unspecified atom stereocenters. The van der Waals surface area contributed by atoms with Crippen LogP contribution in [0.4, 0.5) is 0 Å². The zero-order valence-electron chi connectivity index (χ0n) is 16.1. The van der Waals surface area contributed by atoms with Crippen LogP contribution in [0.5, 0.6) is 5.75 Å². The van der Waals surface area contributed by atoms with Crippen molar-refractivity contribution in [3.05, 3.63) is 78.4 Å². The Kier molecular flexibility index (Phi) is 5.30. The Hall–Kier alpha value is -2.86. The number of pyridine rings is 1. The van der Waals surface area contributed by atoms with E-state index >= 15 is 0 Å². The van der Waals surface area contributed by atoms with E-state index in [0.717, 1.165) is 40.9 Å². The van der Waals surface area contributed by atoms with Crippen LogP contribution in [0.3, 0.4) is 0 Å². The second-order valence-corrected chi connectivity index (χ2v) is 7.18. The third-order valence-electron chi connectivity index (χ3n) is 5.09.